The second kappa shape index (κ2) is 7.04. The van der Waals surface area contributed by atoms with E-state index >= 15 is 0 Å². The van der Waals surface area contributed by atoms with Crippen molar-refractivity contribution in [3.05, 3.63) is 95.6 Å². The number of methoxy groups -OCH3 is 1. The fourth-order valence-electron chi connectivity index (χ4n) is 3.34. The molecule has 1 heterocycles. The second-order valence-electron chi connectivity index (χ2n) is 6.59. The Bertz CT molecular complexity index is 899. The maximum absolute atomic E-state index is 5.30. The summed E-state index contributed by atoms with van der Waals surface area (Å²) in [6.45, 7) is 2.11. The van der Waals surface area contributed by atoms with Crippen molar-refractivity contribution in [1.29, 1.82) is 0 Å². The Labute approximate surface area is 154 Å². The number of aryl methyl sites for hydroxylation is 1. The predicted molar refractivity (Wildman–Crippen MR) is 107 cm³/mol. The van der Waals surface area contributed by atoms with Gasteiger partial charge >= 0.3 is 0 Å². The van der Waals surface area contributed by atoms with Gasteiger partial charge in [-0.15, -0.1) is 0 Å². The Balaban J connectivity index is 1.71. The highest BCUT2D eigenvalue weighted by atomic mass is 16.5. The van der Waals surface area contributed by atoms with Gasteiger partial charge < -0.3 is 4.74 Å². The molecule has 4 rings (SSSR count). The molecular weight excluding hydrogens is 320 g/mol. The van der Waals surface area contributed by atoms with Crippen LogP contribution in [0.5, 0.6) is 5.75 Å². The van der Waals surface area contributed by atoms with E-state index < -0.39 is 0 Å². The normalized spacial score (nSPS) is 16.5. The monoisotopic (exact) mass is 342 g/mol. The third kappa shape index (κ3) is 3.21. The lowest BCUT2D eigenvalue weighted by molar-refractivity contribution is 0.414. The van der Waals surface area contributed by atoms with Crippen LogP contribution in [-0.4, -0.2) is 12.8 Å². The molecule has 1 aliphatic heterocycles. The Morgan fingerprint density at radius 3 is 2.23 bits per heavy atom. The lowest BCUT2D eigenvalue weighted by Crippen LogP contribution is -2.18. The third-order valence-electron chi connectivity index (χ3n) is 4.82. The van der Waals surface area contributed by atoms with Crippen molar-refractivity contribution in [1.82, 2.24) is 0 Å². The SMILES string of the molecule is COc1ccc([C@@H]2CC(c3ccc(C)cc3)=NN2c2ccccc2)cc1. The van der Waals surface area contributed by atoms with Crippen LogP contribution in [0, 0.1) is 6.92 Å². The molecule has 0 aliphatic carbocycles. The van der Waals surface area contributed by atoms with Crippen molar-refractivity contribution in [2.45, 2.75) is 19.4 Å². The quantitative estimate of drug-likeness (QED) is 0.637. The summed E-state index contributed by atoms with van der Waals surface area (Å²) in [7, 11) is 1.69. The maximum atomic E-state index is 5.30. The van der Waals surface area contributed by atoms with Crippen LogP contribution in [-0.2, 0) is 0 Å². The van der Waals surface area contributed by atoms with Crippen molar-refractivity contribution in [2.75, 3.05) is 12.1 Å². The predicted octanol–water partition coefficient (Wildman–Crippen LogP) is 5.36. The molecule has 3 nitrogen and oxygen atoms in total. The molecule has 0 unspecified atom stereocenters. The van der Waals surface area contributed by atoms with E-state index in [-0.39, 0.29) is 6.04 Å². The summed E-state index contributed by atoms with van der Waals surface area (Å²) in [6, 6.07) is 27.4. The van der Waals surface area contributed by atoms with Gasteiger partial charge in [0.25, 0.3) is 0 Å². The van der Waals surface area contributed by atoms with E-state index in [0.717, 1.165) is 23.6 Å². The molecule has 0 radical (unpaired) electrons. The smallest absolute Gasteiger partial charge is 0.118 e. The fraction of sp³-hybridized carbons (Fsp3) is 0.174. The van der Waals surface area contributed by atoms with Gasteiger partial charge in [0.15, 0.2) is 0 Å². The summed E-state index contributed by atoms with van der Waals surface area (Å²) < 4.78 is 5.30. The molecule has 0 N–H and O–H groups in total. The fourth-order valence-corrected chi connectivity index (χ4v) is 3.34. The van der Waals surface area contributed by atoms with Crippen molar-refractivity contribution in [3.8, 4) is 5.75 Å². The zero-order chi connectivity index (χ0) is 17.9. The number of ether oxygens (including phenoxy) is 1. The number of hydrogen-bond donors (Lipinski definition) is 0. The molecule has 0 aromatic heterocycles. The summed E-state index contributed by atoms with van der Waals surface area (Å²) in [4.78, 5) is 0. The second-order valence-corrected chi connectivity index (χ2v) is 6.59. The zero-order valence-corrected chi connectivity index (χ0v) is 15.1. The van der Waals surface area contributed by atoms with Crippen LogP contribution in [0.15, 0.2) is 84.0 Å². The van der Waals surface area contributed by atoms with E-state index in [1.165, 1.54) is 16.7 Å². The first-order valence-electron chi connectivity index (χ1n) is 8.87. The van der Waals surface area contributed by atoms with Crippen LogP contribution in [0.3, 0.4) is 0 Å². The Kier molecular flexibility index (Phi) is 4.44. The minimum absolute atomic E-state index is 0.180. The largest absolute Gasteiger partial charge is 0.497 e. The molecule has 0 saturated carbocycles. The topological polar surface area (TPSA) is 24.8 Å². The van der Waals surface area contributed by atoms with Crippen molar-refractivity contribution < 1.29 is 4.74 Å². The molecule has 0 saturated heterocycles. The number of benzene rings is 3. The van der Waals surface area contributed by atoms with Gasteiger partial charge in [-0.3, -0.25) is 5.01 Å². The average molecular weight is 342 g/mol. The van der Waals surface area contributed by atoms with Gasteiger partial charge in [0.2, 0.25) is 0 Å². The Morgan fingerprint density at radius 2 is 1.58 bits per heavy atom. The molecule has 0 bridgehead atoms. The van der Waals surface area contributed by atoms with Gasteiger partial charge in [0.05, 0.1) is 24.6 Å². The minimum atomic E-state index is 0.180. The van der Waals surface area contributed by atoms with Crippen LogP contribution in [0.4, 0.5) is 5.69 Å². The molecular formula is C23H22N2O. The number of para-hydroxylation sites is 1. The first-order valence-corrected chi connectivity index (χ1v) is 8.87. The molecule has 130 valence electrons. The highest BCUT2D eigenvalue weighted by molar-refractivity contribution is 6.03. The van der Waals surface area contributed by atoms with Gasteiger partial charge in [0, 0.05) is 6.42 Å². The van der Waals surface area contributed by atoms with E-state index in [0.29, 0.717) is 0 Å². The lowest BCUT2D eigenvalue weighted by atomic mass is 9.97. The van der Waals surface area contributed by atoms with Crippen LogP contribution < -0.4 is 9.75 Å². The Morgan fingerprint density at radius 1 is 0.885 bits per heavy atom. The number of nitrogens with zero attached hydrogens (tertiary/aromatic N) is 2. The summed E-state index contributed by atoms with van der Waals surface area (Å²) in [5.41, 5.74) is 5.91. The maximum Gasteiger partial charge on any atom is 0.118 e. The highest BCUT2D eigenvalue weighted by Gasteiger charge is 2.29. The molecule has 0 fully saturated rings. The minimum Gasteiger partial charge on any atom is -0.497 e. The van der Waals surface area contributed by atoms with E-state index in [2.05, 4.69) is 72.6 Å². The molecule has 1 atom stereocenters. The summed E-state index contributed by atoms with van der Waals surface area (Å²) in [5.74, 6) is 0.873. The van der Waals surface area contributed by atoms with Gasteiger partial charge in [-0.2, -0.15) is 5.10 Å². The van der Waals surface area contributed by atoms with Crippen LogP contribution in [0.1, 0.15) is 29.2 Å². The van der Waals surface area contributed by atoms with Crippen LogP contribution in [0.2, 0.25) is 0 Å². The van der Waals surface area contributed by atoms with Gasteiger partial charge in [-0.05, 0) is 42.3 Å². The van der Waals surface area contributed by atoms with Gasteiger partial charge in [-0.25, -0.2) is 0 Å². The number of hydrazone groups is 1. The van der Waals surface area contributed by atoms with E-state index in [1.807, 2.05) is 18.2 Å². The first-order chi connectivity index (χ1) is 12.7. The zero-order valence-electron chi connectivity index (χ0n) is 15.1. The van der Waals surface area contributed by atoms with Gasteiger partial charge in [0.1, 0.15) is 5.75 Å². The van der Waals surface area contributed by atoms with E-state index in [1.54, 1.807) is 7.11 Å². The molecule has 1 aliphatic rings. The average Bonchev–Trinajstić information content (AvgIpc) is 3.15. The number of anilines is 1. The van der Waals surface area contributed by atoms with Crippen LogP contribution >= 0.6 is 0 Å². The van der Waals surface area contributed by atoms with Gasteiger partial charge in [-0.1, -0.05) is 60.2 Å². The summed E-state index contributed by atoms with van der Waals surface area (Å²) in [5, 5.41) is 7.11. The summed E-state index contributed by atoms with van der Waals surface area (Å²) >= 11 is 0. The number of rotatable bonds is 4. The van der Waals surface area contributed by atoms with E-state index in [9.17, 15) is 0 Å². The summed E-state index contributed by atoms with van der Waals surface area (Å²) in [6.07, 6.45) is 0.879. The lowest BCUT2D eigenvalue weighted by Gasteiger charge is -2.24. The van der Waals surface area contributed by atoms with Crippen molar-refractivity contribution in [3.63, 3.8) is 0 Å². The molecule has 3 heteroatoms. The molecule has 26 heavy (non-hydrogen) atoms. The molecule has 3 aromatic carbocycles. The van der Waals surface area contributed by atoms with Crippen LogP contribution in [0.25, 0.3) is 0 Å². The van der Waals surface area contributed by atoms with E-state index in [4.69, 9.17) is 9.84 Å². The third-order valence-corrected chi connectivity index (χ3v) is 4.82. The molecule has 0 spiro atoms. The molecule has 0 amide bonds. The highest BCUT2D eigenvalue weighted by Crippen LogP contribution is 2.37. The Hall–Kier alpha value is -3.07. The standard InChI is InChI=1S/C23H22N2O/c1-17-8-10-18(11-9-17)22-16-23(19-12-14-21(26-2)15-13-19)25(24-22)20-6-4-3-5-7-20/h3-15,23H,16H2,1-2H3/t23-/m0/s1. The molecule has 3 aromatic rings. The van der Waals surface area contributed by atoms with Crippen molar-refractivity contribution >= 4 is 11.4 Å². The van der Waals surface area contributed by atoms with Crippen molar-refractivity contribution in [2.24, 2.45) is 5.10 Å². The first kappa shape index (κ1) is 16.4. The number of hydrogen-bond acceptors (Lipinski definition) is 3.